The summed E-state index contributed by atoms with van der Waals surface area (Å²) in [5.41, 5.74) is 0.0113. The first-order valence-corrected chi connectivity index (χ1v) is 4.88. The van der Waals surface area contributed by atoms with E-state index in [-0.39, 0.29) is 23.3 Å². The van der Waals surface area contributed by atoms with E-state index >= 15 is 0 Å². The van der Waals surface area contributed by atoms with Crippen molar-refractivity contribution in [3.8, 4) is 11.9 Å². The molecule has 7 nitrogen and oxygen atoms in total. The first kappa shape index (κ1) is 12.2. The Balaban J connectivity index is 3.21. The summed E-state index contributed by atoms with van der Waals surface area (Å²) in [6, 6.07) is 0.0917. The van der Waals surface area contributed by atoms with Crippen LogP contribution in [0.2, 0.25) is 0 Å². The molecule has 0 aromatic carbocycles. The molecule has 0 aliphatic rings. The number of hydrogen-bond acceptors (Lipinski definition) is 6. The van der Waals surface area contributed by atoms with E-state index in [2.05, 4.69) is 9.97 Å². The summed E-state index contributed by atoms with van der Waals surface area (Å²) >= 11 is 0. The van der Waals surface area contributed by atoms with Crippen molar-refractivity contribution in [1.82, 2.24) is 9.97 Å². The fraction of sp³-hybridized carbons (Fsp3) is 0.556. The molecule has 1 aromatic heterocycles. The quantitative estimate of drug-likeness (QED) is 0.559. The Bertz CT molecular complexity index is 395. The van der Waals surface area contributed by atoms with Gasteiger partial charge in [0.2, 0.25) is 0 Å². The highest BCUT2D eigenvalue weighted by molar-refractivity contribution is 5.45. The van der Waals surface area contributed by atoms with Gasteiger partial charge in [0.05, 0.1) is 18.1 Å². The van der Waals surface area contributed by atoms with Crippen LogP contribution >= 0.6 is 0 Å². The number of aromatic nitrogens is 2. The highest BCUT2D eigenvalue weighted by Gasteiger charge is 2.23. The van der Waals surface area contributed by atoms with Crippen LogP contribution in [0.25, 0.3) is 0 Å². The van der Waals surface area contributed by atoms with Gasteiger partial charge in [-0.2, -0.15) is 9.97 Å². The lowest BCUT2D eigenvalue weighted by Gasteiger charge is -2.07. The molecule has 0 N–H and O–H groups in total. The van der Waals surface area contributed by atoms with Crippen LogP contribution < -0.4 is 9.47 Å². The molecule has 0 aliphatic heterocycles. The van der Waals surface area contributed by atoms with E-state index in [1.54, 1.807) is 13.8 Å². The number of rotatable bonds is 5. The fourth-order valence-corrected chi connectivity index (χ4v) is 1.16. The molecule has 0 saturated carbocycles. The van der Waals surface area contributed by atoms with Crippen LogP contribution in [-0.4, -0.2) is 28.1 Å². The molecule has 0 saturated heterocycles. The molecule has 0 unspecified atom stereocenters. The summed E-state index contributed by atoms with van der Waals surface area (Å²) in [6.45, 7) is 5.71. The van der Waals surface area contributed by atoms with E-state index in [0.717, 1.165) is 0 Å². The van der Waals surface area contributed by atoms with E-state index < -0.39 is 4.92 Å². The lowest BCUT2D eigenvalue weighted by Crippen LogP contribution is -2.06. The molecule has 0 atom stereocenters. The average molecular weight is 227 g/mol. The van der Waals surface area contributed by atoms with Gasteiger partial charge >= 0.3 is 17.6 Å². The van der Waals surface area contributed by atoms with Crippen molar-refractivity contribution in [2.24, 2.45) is 0 Å². The van der Waals surface area contributed by atoms with Crippen molar-refractivity contribution in [1.29, 1.82) is 0 Å². The second-order valence-corrected chi connectivity index (χ2v) is 2.87. The summed E-state index contributed by atoms with van der Waals surface area (Å²) in [5.74, 6) is -0.0524. The smallest absolute Gasteiger partial charge is 0.352 e. The summed E-state index contributed by atoms with van der Waals surface area (Å²) in [4.78, 5) is 17.9. The van der Waals surface area contributed by atoms with Gasteiger partial charge in [0.25, 0.3) is 0 Å². The molecule has 0 amide bonds. The van der Waals surface area contributed by atoms with Crippen LogP contribution in [0.4, 0.5) is 5.69 Å². The first-order chi connectivity index (χ1) is 7.60. The van der Waals surface area contributed by atoms with E-state index in [0.29, 0.717) is 13.2 Å². The van der Waals surface area contributed by atoms with Crippen molar-refractivity contribution in [2.45, 2.75) is 20.8 Å². The minimum absolute atomic E-state index is 0.0524. The highest BCUT2D eigenvalue weighted by atomic mass is 16.6. The third-order valence-corrected chi connectivity index (χ3v) is 1.74. The average Bonchev–Trinajstić information content (AvgIpc) is 2.17. The zero-order valence-electron chi connectivity index (χ0n) is 9.39. The number of nitro groups is 1. The first-order valence-electron chi connectivity index (χ1n) is 4.88. The molecule has 0 aliphatic carbocycles. The summed E-state index contributed by atoms with van der Waals surface area (Å²) in [7, 11) is 0. The van der Waals surface area contributed by atoms with Crippen LogP contribution in [0.1, 0.15) is 19.5 Å². The number of nitrogens with zero attached hydrogens (tertiary/aromatic N) is 3. The van der Waals surface area contributed by atoms with Crippen molar-refractivity contribution in [3.05, 3.63) is 15.8 Å². The van der Waals surface area contributed by atoms with Gasteiger partial charge in [-0.15, -0.1) is 0 Å². The Labute approximate surface area is 92.6 Å². The Morgan fingerprint density at radius 3 is 2.38 bits per heavy atom. The van der Waals surface area contributed by atoms with Gasteiger partial charge in [-0.3, -0.25) is 10.1 Å². The largest absolute Gasteiger partial charge is 0.473 e. The minimum Gasteiger partial charge on any atom is -0.473 e. The second-order valence-electron chi connectivity index (χ2n) is 2.87. The Morgan fingerprint density at radius 1 is 1.25 bits per heavy atom. The Kier molecular flexibility index (Phi) is 3.98. The van der Waals surface area contributed by atoms with Crippen molar-refractivity contribution in [2.75, 3.05) is 13.2 Å². The summed E-state index contributed by atoms with van der Waals surface area (Å²) < 4.78 is 10.2. The maximum absolute atomic E-state index is 10.8. The lowest BCUT2D eigenvalue weighted by molar-refractivity contribution is -0.387. The highest BCUT2D eigenvalue weighted by Crippen LogP contribution is 2.29. The molecule has 0 spiro atoms. The van der Waals surface area contributed by atoms with Gasteiger partial charge in [-0.25, -0.2) is 0 Å². The minimum atomic E-state index is -0.559. The molecule has 0 radical (unpaired) electrons. The number of ether oxygens (including phenoxy) is 2. The predicted octanol–water partition coefficient (Wildman–Crippen LogP) is 1.49. The van der Waals surface area contributed by atoms with Gasteiger partial charge in [-0.05, 0) is 20.8 Å². The maximum atomic E-state index is 10.8. The number of hydrogen-bond donors (Lipinski definition) is 0. The van der Waals surface area contributed by atoms with Crippen LogP contribution in [0.15, 0.2) is 0 Å². The molecule has 1 rings (SSSR count). The number of aryl methyl sites for hydroxylation is 1. The third-order valence-electron chi connectivity index (χ3n) is 1.74. The van der Waals surface area contributed by atoms with Gasteiger partial charge in [0, 0.05) is 0 Å². The van der Waals surface area contributed by atoms with Gasteiger partial charge in [0.15, 0.2) is 0 Å². The molecule has 0 fully saturated rings. The standard InChI is InChI=1S/C9H13N3O4/c1-4-15-8-7(12(13)14)6(3)10-9(11-8)16-5-2/h4-5H2,1-3H3. The molecule has 0 bridgehead atoms. The second kappa shape index (κ2) is 5.24. The topological polar surface area (TPSA) is 87.4 Å². The normalized spacial score (nSPS) is 9.94. The van der Waals surface area contributed by atoms with Gasteiger partial charge < -0.3 is 9.47 Å². The van der Waals surface area contributed by atoms with Gasteiger partial charge in [-0.1, -0.05) is 0 Å². The molecule has 7 heteroatoms. The maximum Gasteiger partial charge on any atom is 0.352 e. The Morgan fingerprint density at radius 2 is 1.88 bits per heavy atom. The predicted molar refractivity (Wildman–Crippen MR) is 55.8 cm³/mol. The van der Waals surface area contributed by atoms with Crippen LogP contribution in [0.3, 0.4) is 0 Å². The fourth-order valence-electron chi connectivity index (χ4n) is 1.16. The van der Waals surface area contributed by atoms with E-state index in [1.807, 2.05) is 0 Å². The molecule has 88 valence electrons. The molecular formula is C9H13N3O4. The molecule has 16 heavy (non-hydrogen) atoms. The van der Waals surface area contributed by atoms with Crippen LogP contribution in [-0.2, 0) is 0 Å². The van der Waals surface area contributed by atoms with Crippen LogP contribution in [0.5, 0.6) is 11.9 Å². The van der Waals surface area contributed by atoms with Gasteiger partial charge in [0.1, 0.15) is 5.69 Å². The molecular weight excluding hydrogens is 214 g/mol. The lowest BCUT2D eigenvalue weighted by atomic mass is 10.4. The summed E-state index contributed by atoms with van der Waals surface area (Å²) in [6.07, 6.45) is 0. The van der Waals surface area contributed by atoms with Crippen molar-refractivity contribution in [3.63, 3.8) is 0 Å². The monoisotopic (exact) mass is 227 g/mol. The summed E-state index contributed by atoms with van der Waals surface area (Å²) in [5, 5.41) is 10.8. The van der Waals surface area contributed by atoms with E-state index in [9.17, 15) is 10.1 Å². The molecule has 1 aromatic rings. The van der Waals surface area contributed by atoms with Crippen molar-refractivity contribution >= 4 is 5.69 Å². The zero-order chi connectivity index (χ0) is 12.1. The van der Waals surface area contributed by atoms with Crippen molar-refractivity contribution < 1.29 is 14.4 Å². The van der Waals surface area contributed by atoms with E-state index in [4.69, 9.17) is 9.47 Å². The zero-order valence-corrected chi connectivity index (χ0v) is 9.39. The van der Waals surface area contributed by atoms with Crippen LogP contribution in [0, 0.1) is 17.0 Å². The van der Waals surface area contributed by atoms with E-state index in [1.165, 1.54) is 6.92 Å². The third kappa shape index (κ3) is 2.56. The Hall–Kier alpha value is -1.92. The molecule has 1 heterocycles. The SMILES string of the molecule is CCOc1nc(C)c([N+](=O)[O-])c(OCC)n1.